The van der Waals surface area contributed by atoms with Crippen LogP contribution in [0.1, 0.15) is 44.5 Å². The molecule has 0 amide bonds. The van der Waals surface area contributed by atoms with E-state index >= 15 is 0 Å². The average molecular weight is 308 g/mol. The molecule has 0 saturated heterocycles. The fourth-order valence-electron chi connectivity index (χ4n) is 3.67. The van der Waals surface area contributed by atoms with E-state index in [9.17, 15) is 4.79 Å². The zero-order valence-electron chi connectivity index (χ0n) is 15.0. The normalized spacial score (nSPS) is 10.4. The number of aryl methyl sites for hydroxylation is 5. The van der Waals surface area contributed by atoms with Crippen LogP contribution in [-0.2, 0) is 4.79 Å². The zero-order valence-corrected chi connectivity index (χ0v) is 15.0. The molecular weight excluding hydrogens is 284 g/mol. The molecule has 0 aromatic heterocycles. The van der Waals surface area contributed by atoms with Crippen molar-refractivity contribution in [3.8, 4) is 5.75 Å². The van der Waals surface area contributed by atoms with Crippen LogP contribution in [0.3, 0.4) is 0 Å². The minimum atomic E-state index is 0.619. The van der Waals surface area contributed by atoms with E-state index in [2.05, 4.69) is 31.1 Å². The summed E-state index contributed by atoms with van der Waals surface area (Å²) in [6.45, 7) is 12.2. The van der Waals surface area contributed by atoms with Crippen LogP contribution in [0.25, 0.3) is 5.57 Å². The summed E-state index contributed by atoms with van der Waals surface area (Å²) in [5.74, 6) is 3.03. The smallest absolute Gasteiger partial charge is 0.133 e. The molecule has 0 N–H and O–H groups in total. The lowest BCUT2D eigenvalue weighted by molar-refractivity contribution is 0.408. The highest BCUT2D eigenvalue weighted by molar-refractivity contribution is 6.00. The summed E-state index contributed by atoms with van der Waals surface area (Å²) in [4.78, 5) is 11.9. The van der Waals surface area contributed by atoms with Crippen molar-refractivity contribution in [3.63, 3.8) is 0 Å². The molecule has 0 fully saturated rings. The molecule has 0 aliphatic heterocycles. The fourth-order valence-corrected chi connectivity index (χ4v) is 3.67. The SMILES string of the molecule is COc1c(C)cc(C)c(C(=C=O)c2c(C)cc(C)cc2C)c1C. The van der Waals surface area contributed by atoms with Crippen molar-refractivity contribution in [2.24, 2.45) is 0 Å². The predicted molar refractivity (Wildman–Crippen MR) is 96.1 cm³/mol. The maximum atomic E-state index is 11.9. The van der Waals surface area contributed by atoms with Crippen LogP contribution in [0.2, 0.25) is 0 Å². The van der Waals surface area contributed by atoms with Gasteiger partial charge >= 0.3 is 0 Å². The molecule has 120 valence electrons. The van der Waals surface area contributed by atoms with Crippen LogP contribution >= 0.6 is 0 Å². The molecule has 0 spiro atoms. The topological polar surface area (TPSA) is 26.3 Å². The van der Waals surface area contributed by atoms with Crippen LogP contribution < -0.4 is 4.74 Å². The van der Waals surface area contributed by atoms with E-state index in [1.165, 1.54) is 5.56 Å². The third-order valence-corrected chi connectivity index (χ3v) is 4.38. The minimum Gasteiger partial charge on any atom is -0.496 e. The van der Waals surface area contributed by atoms with Crippen LogP contribution in [-0.4, -0.2) is 13.1 Å². The van der Waals surface area contributed by atoms with Gasteiger partial charge in [-0.25, -0.2) is 4.79 Å². The van der Waals surface area contributed by atoms with Crippen molar-refractivity contribution in [1.29, 1.82) is 0 Å². The molecule has 0 radical (unpaired) electrons. The van der Waals surface area contributed by atoms with Gasteiger partial charge in [-0.15, -0.1) is 0 Å². The summed E-state index contributed by atoms with van der Waals surface area (Å²) in [5.41, 5.74) is 9.05. The Morgan fingerprint density at radius 3 is 1.83 bits per heavy atom. The van der Waals surface area contributed by atoms with E-state index in [4.69, 9.17) is 4.74 Å². The first-order chi connectivity index (χ1) is 10.8. The van der Waals surface area contributed by atoms with Gasteiger partial charge in [-0.05, 0) is 69.4 Å². The molecule has 2 heteroatoms. The van der Waals surface area contributed by atoms with Gasteiger partial charge in [0.05, 0.1) is 12.7 Å². The van der Waals surface area contributed by atoms with Crippen molar-refractivity contribution in [2.75, 3.05) is 7.11 Å². The van der Waals surface area contributed by atoms with E-state index in [1.54, 1.807) is 7.11 Å². The lowest BCUT2D eigenvalue weighted by atomic mass is 9.85. The van der Waals surface area contributed by atoms with Gasteiger partial charge in [0.25, 0.3) is 0 Å². The Morgan fingerprint density at radius 1 is 0.826 bits per heavy atom. The highest BCUT2D eigenvalue weighted by atomic mass is 16.5. The molecule has 0 unspecified atom stereocenters. The van der Waals surface area contributed by atoms with Crippen LogP contribution in [0.4, 0.5) is 0 Å². The van der Waals surface area contributed by atoms with Gasteiger partial charge in [-0.1, -0.05) is 23.8 Å². The maximum Gasteiger partial charge on any atom is 0.133 e. The van der Waals surface area contributed by atoms with Gasteiger partial charge < -0.3 is 4.74 Å². The Labute approximate surface area is 138 Å². The molecule has 23 heavy (non-hydrogen) atoms. The molecule has 0 aliphatic rings. The first-order valence-electron chi connectivity index (χ1n) is 7.80. The number of rotatable bonds is 3. The molecule has 0 atom stereocenters. The fraction of sp³-hybridized carbons (Fsp3) is 0.333. The predicted octanol–water partition coefficient (Wildman–Crippen LogP) is 4.81. The monoisotopic (exact) mass is 308 g/mol. The van der Waals surface area contributed by atoms with Crippen LogP contribution in [0.5, 0.6) is 5.75 Å². The van der Waals surface area contributed by atoms with Crippen molar-refractivity contribution >= 4 is 11.5 Å². The van der Waals surface area contributed by atoms with E-state index in [0.717, 1.165) is 44.7 Å². The maximum absolute atomic E-state index is 11.9. The van der Waals surface area contributed by atoms with Crippen molar-refractivity contribution in [2.45, 2.75) is 41.5 Å². The Kier molecular flexibility index (Phi) is 4.77. The molecule has 2 aromatic carbocycles. The lowest BCUT2D eigenvalue weighted by Crippen LogP contribution is -2.04. The highest BCUT2D eigenvalue weighted by Crippen LogP contribution is 2.37. The van der Waals surface area contributed by atoms with E-state index in [1.807, 2.05) is 34.6 Å². The molecular formula is C21H24O2. The quantitative estimate of drug-likeness (QED) is 0.761. The molecule has 0 saturated carbocycles. The van der Waals surface area contributed by atoms with Crippen LogP contribution in [0, 0.1) is 41.5 Å². The van der Waals surface area contributed by atoms with Gasteiger partial charge in [0.15, 0.2) is 0 Å². The summed E-state index contributed by atoms with van der Waals surface area (Å²) in [5, 5.41) is 0. The molecule has 0 bridgehead atoms. The molecule has 2 nitrogen and oxygen atoms in total. The number of ether oxygens (including phenoxy) is 1. The minimum absolute atomic E-state index is 0.619. The highest BCUT2D eigenvalue weighted by Gasteiger charge is 2.20. The number of hydrogen-bond acceptors (Lipinski definition) is 2. The van der Waals surface area contributed by atoms with Gasteiger partial charge in [0.2, 0.25) is 0 Å². The van der Waals surface area contributed by atoms with E-state index < -0.39 is 0 Å². The van der Waals surface area contributed by atoms with E-state index in [-0.39, 0.29) is 0 Å². The summed E-state index contributed by atoms with van der Waals surface area (Å²) in [6, 6.07) is 6.28. The average Bonchev–Trinajstić information content (AvgIpc) is 2.44. The van der Waals surface area contributed by atoms with Crippen molar-refractivity contribution < 1.29 is 9.53 Å². The molecule has 0 aliphatic carbocycles. The van der Waals surface area contributed by atoms with Crippen LogP contribution in [0.15, 0.2) is 18.2 Å². The van der Waals surface area contributed by atoms with Crippen molar-refractivity contribution in [1.82, 2.24) is 0 Å². The Morgan fingerprint density at radius 2 is 1.35 bits per heavy atom. The number of methoxy groups -OCH3 is 1. The zero-order chi connectivity index (χ0) is 17.3. The summed E-state index contributed by atoms with van der Waals surface area (Å²) in [6.07, 6.45) is 0. The second-order valence-corrected chi connectivity index (χ2v) is 6.29. The van der Waals surface area contributed by atoms with Gasteiger partial charge in [-0.2, -0.15) is 0 Å². The summed E-state index contributed by atoms with van der Waals surface area (Å²) in [7, 11) is 1.67. The second kappa shape index (κ2) is 6.44. The van der Waals surface area contributed by atoms with E-state index in [0.29, 0.717) is 5.57 Å². The lowest BCUT2D eigenvalue weighted by Gasteiger charge is -2.19. The summed E-state index contributed by atoms with van der Waals surface area (Å²) >= 11 is 0. The Bertz CT molecular complexity index is 799. The number of hydrogen-bond donors (Lipinski definition) is 0. The number of carbonyl (C=O) groups excluding carboxylic acids is 1. The molecule has 0 heterocycles. The van der Waals surface area contributed by atoms with Gasteiger partial charge in [-0.3, -0.25) is 0 Å². The first-order valence-corrected chi connectivity index (χ1v) is 7.80. The van der Waals surface area contributed by atoms with Gasteiger partial charge in [0.1, 0.15) is 11.7 Å². The molecule has 2 rings (SSSR count). The van der Waals surface area contributed by atoms with Gasteiger partial charge in [0, 0.05) is 11.1 Å². The summed E-state index contributed by atoms with van der Waals surface area (Å²) < 4.78 is 5.54. The third-order valence-electron chi connectivity index (χ3n) is 4.38. The Hall–Kier alpha value is -2.31. The third kappa shape index (κ3) is 2.95. The first kappa shape index (κ1) is 17.1. The molecule has 2 aromatic rings. The largest absolute Gasteiger partial charge is 0.496 e. The second-order valence-electron chi connectivity index (χ2n) is 6.29. The Balaban J connectivity index is 2.83. The number of benzene rings is 2. The standard InChI is InChI=1S/C21H24O2/c1-12-8-13(2)19(14(3)9-12)18(11-22)20-15(4)10-16(5)21(23-7)17(20)6/h8-10H,1-7H3. The van der Waals surface area contributed by atoms with Crippen molar-refractivity contribution in [3.05, 3.63) is 62.7 Å².